The summed E-state index contributed by atoms with van der Waals surface area (Å²) < 4.78 is 0. The Morgan fingerprint density at radius 1 is 0.667 bits per heavy atom. The van der Waals surface area contributed by atoms with Crippen LogP contribution in [-0.4, -0.2) is 0 Å². The molecule has 0 amide bonds. The molecule has 0 heterocycles. The number of unbranched alkanes of at least 4 members (excludes halogenated alkanes) is 6. The van der Waals surface area contributed by atoms with Crippen LogP contribution in [-0.2, 0) is 6.42 Å². The molecule has 0 aromatic heterocycles. The summed E-state index contributed by atoms with van der Waals surface area (Å²) in [5.41, 5.74) is 5.75. The molecule has 0 radical (unpaired) electrons. The van der Waals surface area contributed by atoms with Gasteiger partial charge in [0.1, 0.15) is 0 Å². The predicted molar refractivity (Wildman–Crippen MR) is 172 cm³/mol. The molecule has 2 fully saturated rings. The first-order valence-corrected chi connectivity index (χ1v) is 16.7. The average molecular weight is 525 g/mol. The molecular formula is C39H56. The van der Waals surface area contributed by atoms with Crippen molar-refractivity contribution in [1.29, 1.82) is 0 Å². The van der Waals surface area contributed by atoms with E-state index in [4.69, 9.17) is 0 Å². The molecule has 2 aliphatic rings. The molecule has 2 aromatic carbocycles. The van der Waals surface area contributed by atoms with Gasteiger partial charge in [0.25, 0.3) is 0 Å². The van der Waals surface area contributed by atoms with Crippen molar-refractivity contribution in [2.24, 2.45) is 17.8 Å². The molecule has 0 nitrogen and oxygen atoms in total. The Labute approximate surface area is 241 Å². The van der Waals surface area contributed by atoms with Gasteiger partial charge in [-0.2, -0.15) is 0 Å². The first-order chi connectivity index (χ1) is 19.2. The van der Waals surface area contributed by atoms with Gasteiger partial charge in [0, 0.05) is 0 Å². The number of hydrogen-bond donors (Lipinski definition) is 0. The molecule has 2 aliphatic carbocycles. The maximum atomic E-state index is 3.99. The van der Waals surface area contributed by atoms with Crippen LogP contribution in [0.3, 0.4) is 0 Å². The fraction of sp³-hybridized carbons (Fsp3) is 0.590. The third kappa shape index (κ3) is 10.1. The Morgan fingerprint density at radius 2 is 1.26 bits per heavy atom. The molecule has 0 unspecified atom stereocenters. The van der Waals surface area contributed by atoms with Crippen molar-refractivity contribution in [2.75, 3.05) is 0 Å². The van der Waals surface area contributed by atoms with E-state index in [1.165, 1.54) is 132 Å². The van der Waals surface area contributed by atoms with Gasteiger partial charge >= 0.3 is 0 Å². The van der Waals surface area contributed by atoms with Crippen LogP contribution in [0.4, 0.5) is 0 Å². The predicted octanol–water partition coefficient (Wildman–Crippen LogP) is 12.2. The van der Waals surface area contributed by atoms with E-state index < -0.39 is 0 Å². The highest BCUT2D eigenvalue weighted by atomic mass is 14.3. The summed E-state index contributed by atoms with van der Waals surface area (Å²) in [5.74, 6) is 3.29. The number of aryl methyl sites for hydroxylation is 1. The van der Waals surface area contributed by atoms with Gasteiger partial charge in [-0.05, 0) is 123 Å². The molecule has 4 rings (SSSR count). The number of rotatable bonds is 15. The van der Waals surface area contributed by atoms with E-state index in [1.54, 1.807) is 5.56 Å². The standard InChI is InChI=1S/C39H56/c1-3-5-6-7-8-9-10-13-34-20-24-36(25-21-34)38-28-30-39(31-29-38)37-26-22-35(23-27-37)15-12-11-14-33-18-16-32(4-2)17-19-33/h4,12,15,20-21,24-25,28-33,35,37H,2-3,5-11,13-14,16-19,22-23,26-27H2,1H3. The van der Waals surface area contributed by atoms with Crippen molar-refractivity contribution >= 4 is 0 Å². The molecule has 0 heteroatoms. The lowest BCUT2D eigenvalue weighted by molar-refractivity contribution is 0.297. The molecule has 2 aromatic rings. The smallest absolute Gasteiger partial charge is 0.0162 e. The topological polar surface area (TPSA) is 0 Å². The van der Waals surface area contributed by atoms with Crippen LogP contribution in [0.15, 0.2) is 73.3 Å². The fourth-order valence-electron chi connectivity index (χ4n) is 7.08. The van der Waals surface area contributed by atoms with E-state index in [0.29, 0.717) is 0 Å². The SMILES string of the molecule is C=CC1CCC(CCC=CC2CCC(c3ccc(-c4ccc(CCCCCCCCC)cc4)cc3)CC2)CC1. The van der Waals surface area contributed by atoms with Crippen molar-refractivity contribution < 1.29 is 0 Å². The van der Waals surface area contributed by atoms with Crippen molar-refractivity contribution in [2.45, 2.75) is 128 Å². The first-order valence-electron chi connectivity index (χ1n) is 16.7. The maximum absolute atomic E-state index is 3.99. The Kier molecular flexibility index (Phi) is 12.9. The zero-order valence-corrected chi connectivity index (χ0v) is 25.1. The second-order valence-electron chi connectivity index (χ2n) is 12.8. The highest BCUT2D eigenvalue weighted by Crippen LogP contribution is 2.37. The van der Waals surface area contributed by atoms with Gasteiger partial charge in [-0.25, -0.2) is 0 Å². The lowest BCUT2D eigenvalue weighted by Gasteiger charge is -2.27. The maximum Gasteiger partial charge on any atom is -0.0162 e. The third-order valence-corrected chi connectivity index (χ3v) is 9.88. The number of hydrogen-bond acceptors (Lipinski definition) is 0. The van der Waals surface area contributed by atoms with E-state index in [2.05, 4.69) is 80.3 Å². The van der Waals surface area contributed by atoms with E-state index in [9.17, 15) is 0 Å². The molecule has 0 N–H and O–H groups in total. The summed E-state index contributed by atoms with van der Waals surface area (Å²) in [4.78, 5) is 0. The van der Waals surface area contributed by atoms with Crippen LogP contribution in [0.25, 0.3) is 11.1 Å². The quantitative estimate of drug-likeness (QED) is 0.160. The molecule has 0 atom stereocenters. The molecule has 0 bridgehead atoms. The minimum Gasteiger partial charge on any atom is -0.103 e. The van der Waals surface area contributed by atoms with Crippen LogP contribution in [0.2, 0.25) is 0 Å². The molecular weight excluding hydrogens is 468 g/mol. The van der Waals surface area contributed by atoms with Crippen LogP contribution in [0.1, 0.15) is 133 Å². The Hall–Kier alpha value is -2.08. The van der Waals surface area contributed by atoms with Crippen molar-refractivity contribution in [3.8, 4) is 11.1 Å². The number of allylic oxidation sites excluding steroid dienone is 3. The minimum atomic E-state index is 0.744. The van der Waals surface area contributed by atoms with Gasteiger partial charge in [-0.3, -0.25) is 0 Å². The summed E-state index contributed by atoms with van der Waals surface area (Å²) in [7, 11) is 0. The number of benzene rings is 2. The zero-order valence-electron chi connectivity index (χ0n) is 25.1. The lowest BCUT2D eigenvalue weighted by atomic mass is 9.78. The Balaban J connectivity index is 1.13. The summed E-state index contributed by atoms with van der Waals surface area (Å²) in [5, 5.41) is 0. The van der Waals surface area contributed by atoms with Gasteiger partial charge in [0.05, 0.1) is 0 Å². The lowest BCUT2D eigenvalue weighted by Crippen LogP contribution is -2.13. The zero-order chi connectivity index (χ0) is 27.1. The van der Waals surface area contributed by atoms with E-state index in [-0.39, 0.29) is 0 Å². The van der Waals surface area contributed by atoms with Gasteiger partial charge in [-0.1, -0.05) is 112 Å². The van der Waals surface area contributed by atoms with Gasteiger partial charge in [0.15, 0.2) is 0 Å². The third-order valence-electron chi connectivity index (χ3n) is 9.88. The fourth-order valence-corrected chi connectivity index (χ4v) is 7.08. The summed E-state index contributed by atoms with van der Waals surface area (Å²) >= 11 is 0. The van der Waals surface area contributed by atoms with Crippen LogP contribution < -0.4 is 0 Å². The van der Waals surface area contributed by atoms with E-state index in [0.717, 1.165) is 23.7 Å². The summed E-state index contributed by atoms with van der Waals surface area (Å²) in [6, 6.07) is 18.9. The molecule has 0 saturated heterocycles. The molecule has 39 heavy (non-hydrogen) atoms. The summed E-state index contributed by atoms with van der Waals surface area (Å²) in [6.45, 7) is 6.28. The van der Waals surface area contributed by atoms with Crippen LogP contribution >= 0.6 is 0 Å². The van der Waals surface area contributed by atoms with Gasteiger partial charge in [-0.15, -0.1) is 6.58 Å². The first kappa shape index (κ1) is 29.9. The largest absolute Gasteiger partial charge is 0.103 e. The normalized spacial score (nSPS) is 23.7. The van der Waals surface area contributed by atoms with Crippen molar-refractivity contribution in [3.05, 3.63) is 84.5 Å². The molecule has 0 spiro atoms. The molecule has 2 saturated carbocycles. The molecule has 212 valence electrons. The molecule has 0 aliphatic heterocycles. The highest BCUT2D eigenvalue weighted by Gasteiger charge is 2.21. The van der Waals surface area contributed by atoms with Crippen LogP contribution in [0, 0.1) is 17.8 Å². The van der Waals surface area contributed by atoms with E-state index >= 15 is 0 Å². The minimum absolute atomic E-state index is 0.744. The second kappa shape index (κ2) is 16.9. The Bertz CT molecular complexity index is 946. The Morgan fingerprint density at radius 3 is 1.90 bits per heavy atom. The van der Waals surface area contributed by atoms with Crippen molar-refractivity contribution in [3.63, 3.8) is 0 Å². The van der Waals surface area contributed by atoms with Crippen LogP contribution in [0.5, 0.6) is 0 Å². The average Bonchev–Trinajstić information content (AvgIpc) is 3.00. The summed E-state index contributed by atoms with van der Waals surface area (Å²) in [6.07, 6.45) is 31.8. The van der Waals surface area contributed by atoms with E-state index in [1.807, 2.05) is 0 Å². The van der Waals surface area contributed by atoms with Gasteiger partial charge < -0.3 is 0 Å². The monoisotopic (exact) mass is 524 g/mol. The highest BCUT2D eigenvalue weighted by molar-refractivity contribution is 5.64. The van der Waals surface area contributed by atoms with Crippen molar-refractivity contribution in [1.82, 2.24) is 0 Å². The van der Waals surface area contributed by atoms with Gasteiger partial charge in [0.2, 0.25) is 0 Å². The second-order valence-corrected chi connectivity index (χ2v) is 12.8.